The summed E-state index contributed by atoms with van der Waals surface area (Å²) in [6.07, 6.45) is -1.15. The zero-order valence-electron chi connectivity index (χ0n) is 21.8. The summed E-state index contributed by atoms with van der Waals surface area (Å²) in [6, 6.07) is 12.8. The van der Waals surface area contributed by atoms with E-state index < -0.39 is 30.5 Å². The van der Waals surface area contributed by atoms with Crippen LogP contribution in [0.4, 0.5) is 4.39 Å². The molecular weight excluding hydrogens is 509 g/mol. The van der Waals surface area contributed by atoms with Crippen LogP contribution in [0.5, 0.6) is 28.7 Å². The molecule has 2 aliphatic rings. The first-order valence-electron chi connectivity index (χ1n) is 12.4. The van der Waals surface area contributed by atoms with Crippen LogP contribution in [0.25, 0.3) is 0 Å². The summed E-state index contributed by atoms with van der Waals surface area (Å²) in [6.45, 7) is -0.279. The van der Waals surface area contributed by atoms with Crippen LogP contribution in [0, 0.1) is 17.7 Å². The quantitative estimate of drug-likeness (QED) is 0.400. The van der Waals surface area contributed by atoms with Crippen molar-refractivity contribution in [3.63, 3.8) is 0 Å². The van der Waals surface area contributed by atoms with Crippen molar-refractivity contribution in [2.45, 2.75) is 18.6 Å². The third-order valence-electron chi connectivity index (χ3n) is 7.40. The Balaban J connectivity index is 1.64. The normalized spacial score (nSPS) is 21.2. The van der Waals surface area contributed by atoms with Crippen LogP contribution >= 0.6 is 0 Å². The molecule has 0 unspecified atom stereocenters. The van der Waals surface area contributed by atoms with Crippen molar-refractivity contribution in [2.24, 2.45) is 11.8 Å². The molecule has 0 fully saturated rings. The predicted molar refractivity (Wildman–Crippen MR) is 138 cm³/mol. The molecule has 0 radical (unpaired) electrons. The van der Waals surface area contributed by atoms with Gasteiger partial charge < -0.3 is 39.2 Å². The lowest BCUT2D eigenvalue weighted by atomic mass is 9.64. The zero-order valence-corrected chi connectivity index (χ0v) is 21.8. The fourth-order valence-corrected chi connectivity index (χ4v) is 5.50. The molecule has 3 aromatic rings. The van der Waals surface area contributed by atoms with Gasteiger partial charge in [-0.3, -0.25) is 4.79 Å². The molecule has 3 aromatic carbocycles. The van der Waals surface area contributed by atoms with Crippen molar-refractivity contribution in [3.05, 3.63) is 76.6 Å². The van der Waals surface area contributed by atoms with Crippen LogP contribution in [-0.2, 0) is 11.3 Å². The molecule has 3 N–H and O–H groups in total. The molecule has 0 saturated heterocycles. The van der Waals surface area contributed by atoms with Crippen LogP contribution in [0.1, 0.15) is 34.3 Å². The molecule has 9 nitrogen and oxygen atoms in total. The van der Waals surface area contributed by atoms with Gasteiger partial charge in [-0.1, -0.05) is 12.1 Å². The highest BCUT2D eigenvalue weighted by atomic mass is 19.1. The lowest BCUT2D eigenvalue weighted by Gasteiger charge is -2.41. The van der Waals surface area contributed by atoms with Gasteiger partial charge in [0.05, 0.1) is 33.4 Å². The minimum atomic E-state index is -1.15. The summed E-state index contributed by atoms with van der Waals surface area (Å²) in [7, 11) is 4.50. The van der Waals surface area contributed by atoms with E-state index in [0.717, 1.165) is 0 Å². The molecular formula is C29H30FNO8. The minimum Gasteiger partial charge on any atom is -0.493 e. The number of nitrogens with one attached hydrogen (secondary N) is 1. The fraction of sp³-hybridized carbons (Fsp3) is 0.345. The number of hydrogen-bond donors (Lipinski definition) is 3. The highest BCUT2D eigenvalue weighted by Gasteiger charge is 2.47. The molecule has 0 bridgehead atoms. The predicted octanol–water partition coefficient (Wildman–Crippen LogP) is 3.30. The van der Waals surface area contributed by atoms with Gasteiger partial charge in [-0.15, -0.1) is 0 Å². The molecule has 0 spiro atoms. The van der Waals surface area contributed by atoms with E-state index in [9.17, 15) is 19.4 Å². The second kappa shape index (κ2) is 11.0. The van der Waals surface area contributed by atoms with Gasteiger partial charge in [0.15, 0.2) is 23.0 Å². The standard InChI is InChI=1S/C29H30FNO8/c1-35-23-8-16(9-24(36-2)28(23)37-3)25-18-10-21-22(39-14-38-21)11-19(18)27(33)20(13-32)26(25)29(34)31-12-15-4-6-17(30)7-5-15/h4-11,20,25-27,32-33H,12-14H2,1-3H3,(H,31,34)/t20-,25+,26-,27-/m0/s1. The maximum absolute atomic E-state index is 13.9. The molecule has 1 heterocycles. The van der Waals surface area contributed by atoms with Crippen molar-refractivity contribution < 1.29 is 43.1 Å². The second-order valence-corrected chi connectivity index (χ2v) is 9.43. The maximum Gasteiger partial charge on any atom is 0.231 e. The van der Waals surface area contributed by atoms with Crippen LogP contribution in [-0.4, -0.2) is 50.8 Å². The summed E-state index contributed by atoms with van der Waals surface area (Å²) in [5.41, 5.74) is 2.53. The van der Waals surface area contributed by atoms with E-state index in [-0.39, 0.29) is 25.1 Å². The number of halogens is 1. The van der Waals surface area contributed by atoms with Gasteiger partial charge in [0, 0.05) is 25.0 Å². The van der Waals surface area contributed by atoms with Gasteiger partial charge in [0.1, 0.15) is 5.82 Å². The van der Waals surface area contributed by atoms with Gasteiger partial charge in [-0.2, -0.15) is 0 Å². The van der Waals surface area contributed by atoms with Gasteiger partial charge in [-0.05, 0) is 58.7 Å². The fourth-order valence-electron chi connectivity index (χ4n) is 5.50. The molecule has 206 valence electrons. The Morgan fingerprint density at radius 1 is 0.974 bits per heavy atom. The second-order valence-electron chi connectivity index (χ2n) is 9.43. The Labute approximate surface area is 225 Å². The van der Waals surface area contributed by atoms with Crippen molar-refractivity contribution in [2.75, 3.05) is 34.7 Å². The van der Waals surface area contributed by atoms with E-state index >= 15 is 0 Å². The highest BCUT2D eigenvalue weighted by molar-refractivity contribution is 5.82. The Morgan fingerprint density at radius 3 is 2.15 bits per heavy atom. The SMILES string of the molecule is COc1cc([C@@H]2c3cc4c(cc3[C@H](O)[C@@H](CO)[C@@H]2C(=O)NCc2ccc(F)cc2)OCO4)cc(OC)c1OC. The number of amides is 1. The number of carbonyl (C=O) groups excluding carboxylic acids is 1. The Bertz CT molecular complexity index is 1340. The molecule has 1 amide bonds. The average Bonchev–Trinajstić information content (AvgIpc) is 3.42. The smallest absolute Gasteiger partial charge is 0.231 e. The summed E-state index contributed by atoms with van der Waals surface area (Å²) in [4.78, 5) is 13.9. The third-order valence-corrected chi connectivity index (χ3v) is 7.40. The van der Waals surface area contributed by atoms with Crippen molar-refractivity contribution in [1.82, 2.24) is 5.32 Å². The monoisotopic (exact) mass is 539 g/mol. The van der Waals surface area contributed by atoms with Gasteiger partial charge in [-0.25, -0.2) is 4.39 Å². The largest absolute Gasteiger partial charge is 0.493 e. The average molecular weight is 540 g/mol. The van der Waals surface area contributed by atoms with E-state index in [1.165, 1.54) is 33.5 Å². The first kappa shape index (κ1) is 26.6. The molecule has 1 aliphatic heterocycles. The van der Waals surface area contributed by atoms with Crippen LogP contribution < -0.4 is 29.0 Å². The zero-order chi connectivity index (χ0) is 27.7. The Kier molecular flexibility index (Phi) is 7.49. The van der Waals surface area contributed by atoms with Crippen LogP contribution in [0.3, 0.4) is 0 Å². The maximum atomic E-state index is 13.9. The first-order chi connectivity index (χ1) is 18.9. The summed E-state index contributed by atoms with van der Waals surface area (Å²) < 4.78 is 41.2. The summed E-state index contributed by atoms with van der Waals surface area (Å²) in [5.74, 6) is -1.01. The third kappa shape index (κ3) is 4.81. The molecule has 10 heteroatoms. The summed E-state index contributed by atoms with van der Waals surface area (Å²) in [5, 5.41) is 24.8. The van der Waals surface area contributed by atoms with Gasteiger partial charge >= 0.3 is 0 Å². The first-order valence-corrected chi connectivity index (χ1v) is 12.4. The van der Waals surface area contributed by atoms with Crippen molar-refractivity contribution in [1.29, 1.82) is 0 Å². The van der Waals surface area contributed by atoms with E-state index in [4.69, 9.17) is 23.7 Å². The Morgan fingerprint density at radius 2 is 1.59 bits per heavy atom. The number of fused-ring (bicyclic) bond motifs is 2. The molecule has 0 aromatic heterocycles. The summed E-state index contributed by atoms with van der Waals surface area (Å²) >= 11 is 0. The lowest BCUT2D eigenvalue weighted by Crippen LogP contribution is -2.45. The number of aliphatic hydroxyl groups excluding tert-OH is 2. The number of aliphatic hydroxyl groups is 2. The number of benzene rings is 3. The highest BCUT2D eigenvalue weighted by Crippen LogP contribution is 2.53. The number of methoxy groups -OCH3 is 3. The topological polar surface area (TPSA) is 116 Å². The van der Waals surface area contributed by atoms with Gasteiger partial charge in [0.2, 0.25) is 18.4 Å². The van der Waals surface area contributed by atoms with Crippen LogP contribution in [0.15, 0.2) is 48.5 Å². The van der Waals surface area contributed by atoms with Crippen molar-refractivity contribution in [3.8, 4) is 28.7 Å². The number of rotatable bonds is 8. The van der Waals surface area contributed by atoms with E-state index in [0.29, 0.717) is 51.0 Å². The van der Waals surface area contributed by atoms with Gasteiger partial charge in [0.25, 0.3) is 0 Å². The van der Waals surface area contributed by atoms with E-state index in [1.54, 1.807) is 36.4 Å². The minimum absolute atomic E-state index is 0.0359. The van der Waals surface area contributed by atoms with E-state index in [2.05, 4.69) is 5.32 Å². The molecule has 5 rings (SSSR count). The molecule has 1 aliphatic carbocycles. The Hall–Kier alpha value is -4.02. The number of hydrogen-bond acceptors (Lipinski definition) is 8. The molecule has 0 saturated carbocycles. The lowest BCUT2D eigenvalue weighted by molar-refractivity contribution is -0.131. The molecule has 39 heavy (non-hydrogen) atoms. The van der Waals surface area contributed by atoms with Crippen molar-refractivity contribution >= 4 is 5.91 Å². The number of carbonyl (C=O) groups is 1. The van der Waals surface area contributed by atoms with E-state index in [1.807, 2.05) is 0 Å². The molecule has 4 atom stereocenters. The van der Waals surface area contributed by atoms with Crippen LogP contribution in [0.2, 0.25) is 0 Å². The number of ether oxygens (including phenoxy) is 5.